The number of aromatic nitrogens is 2. The van der Waals surface area contributed by atoms with Crippen LogP contribution in [0.25, 0.3) is 16.8 Å². The van der Waals surface area contributed by atoms with E-state index in [9.17, 15) is 0 Å². The molecule has 5 nitrogen and oxygen atoms in total. The van der Waals surface area contributed by atoms with Crippen LogP contribution in [0, 0.1) is 12.8 Å². The molecule has 1 saturated carbocycles. The second-order valence-corrected chi connectivity index (χ2v) is 14.1. The van der Waals surface area contributed by atoms with Crippen molar-refractivity contribution in [3.05, 3.63) is 93.5 Å². The van der Waals surface area contributed by atoms with Crippen molar-refractivity contribution in [2.75, 3.05) is 14.2 Å². The molecule has 1 fully saturated rings. The molecule has 0 bridgehead atoms. The maximum atomic E-state index is 5.44. The summed E-state index contributed by atoms with van der Waals surface area (Å²) in [7, 11) is 3.40. The first kappa shape index (κ1) is 33.1. The summed E-state index contributed by atoms with van der Waals surface area (Å²) >= 11 is 0. The number of hydrogen-bond acceptors (Lipinski definition) is 4. The molecule has 47 heavy (non-hydrogen) atoms. The lowest BCUT2D eigenvalue weighted by Gasteiger charge is -2.33. The molecular weight excluding hydrogens is 578 g/mol. The zero-order valence-electron chi connectivity index (χ0n) is 29.5. The minimum atomic E-state index is 0.0715. The summed E-state index contributed by atoms with van der Waals surface area (Å²) in [6.07, 6.45) is 20.2. The first-order valence-corrected chi connectivity index (χ1v) is 17.9. The summed E-state index contributed by atoms with van der Waals surface area (Å²) < 4.78 is 10.8. The van der Waals surface area contributed by atoms with Crippen LogP contribution in [-0.2, 0) is 11.8 Å². The molecule has 3 aromatic rings. The molecule has 0 spiro atoms. The highest BCUT2D eigenvalue weighted by Gasteiger charge is 2.34. The van der Waals surface area contributed by atoms with Gasteiger partial charge in [0.15, 0.2) is 0 Å². The van der Waals surface area contributed by atoms with Gasteiger partial charge >= 0.3 is 0 Å². The van der Waals surface area contributed by atoms with Crippen LogP contribution in [0.5, 0.6) is 11.6 Å². The Balaban J connectivity index is 1.39. The lowest BCUT2D eigenvalue weighted by atomic mass is 9.72. The van der Waals surface area contributed by atoms with Crippen molar-refractivity contribution in [3.63, 3.8) is 0 Å². The molecule has 3 heterocycles. The van der Waals surface area contributed by atoms with E-state index in [1.165, 1.54) is 81.7 Å². The summed E-state index contributed by atoms with van der Waals surface area (Å²) in [5, 5.41) is 0. The van der Waals surface area contributed by atoms with Crippen molar-refractivity contribution in [1.82, 2.24) is 9.97 Å². The summed E-state index contributed by atoms with van der Waals surface area (Å²) in [5.41, 5.74) is 15.2. The van der Waals surface area contributed by atoms with Gasteiger partial charge in [-0.3, -0.25) is 4.99 Å². The smallest absolute Gasteiger partial charge is 0.212 e. The zero-order valence-corrected chi connectivity index (χ0v) is 29.5. The van der Waals surface area contributed by atoms with Crippen LogP contribution in [0.15, 0.2) is 76.1 Å². The zero-order chi connectivity index (χ0) is 33.0. The van der Waals surface area contributed by atoms with Gasteiger partial charge in [0.25, 0.3) is 0 Å². The Hall–Kier alpha value is -3.86. The van der Waals surface area contributed by atoms with E-state index in [0.29, 0.717) is 11.8 Å². The van der Waals surface area contributed by atoms with Gasteiger partial charge in [-0.1, -0.05) is 32.8 Å². The number of nitrogens with zero attached hydrogens (tertiary/aromatic N) is 2. The highest BCUT2D eigenvalue weighted by atomic mass is 16.5. The van der Waals surface area contributed by atoms with E-state index >= 15 is 0 Å². The molecule has 6 rings (SSSR count). The molecule has 0 saturated heterocycles. The second kappa shape index (κ2) is 14.5. The molecule has 1 aromatic carbocycles. The largest absolute Gasteiger partial charge is 0.497 e. The number of methoxy groups -OCH3 is 2. The molecule has 2 aromatic heterocycles. The van der Waals surface area contributed by atoms with Crippen molar-refractivity contribution in [1.29, 1.82) is 0 Å². The van der Waals surface area contributed by atoms with Gasteiger partial charge in [0, 0.05) is 35.3 Å². The summed E-state index contributed by atoms with van der Waals surface area (Å²) in [6, 6.07) is 12.6. The average Bonchev–Trinajstić information content (AvgIpc) is 3.28. The third-order valence-electron chi connectivity index (χ3n) is 11.2. The lowest BCUT2D eigenvalue weighted by molar-refractivity contribution is 0.356. The third kappa shape index (κ3) is 6.91. The van der Waals surface area contributed by atoms with Gasteiger partial charge in [-0.2, -0.15) is 0 Å². The van der Waals surface area contributed by atoms with Gasteiger partial charge in [-0.25, -0.2) is 4.98 Å². The monoisotopic (exact) mass is 631 g/mol. The average molecular weight is 632 g/mol. The summed E-state index contributed by atoms with van der Waals surface area (Å²) in [6.45, 7) is 9.55. The highest BCUT2D eigenvalue weighted by Crippen LogP contribution is 2.45. The van der Waals surface area contributed by atoms with Gasteiger partial charge in [0.2, 0.25) is 5.88 Å². The van der Waals surface area contributed by atoms with E-state index in [2.05, 4.69) is 80.3 Å². The second-order valence-electron chi connectivity index (χ2n) is 14.1. The molecule has 2 unspecified atom stereocenters. The van der Waals surface area contributed by atoms with Crippen LogP contribution in [0.3, 0.4) is 0 Å². The van der Waals surface area contributed by atoms with Crippen LogP contribution in [0.1, 0.15) is 114 Å². The van der Waals surface area contributed by atoms with Gasteiger partial charge in [-0.05, 0) is 159 Å². The molecule has 248 valence electrons. The number of rotatable bonds is 6. The number of pyridine rings is 1. The van der Waals surface area contributed by atoms with Crippen molar-refractivity contribution in [3.8, 4) is 22.9 Å². The minimum Gasteiger partial charge on any atom is -0.497 e. The van der Waals surface area contributed by atoms with E-state index in [-0.39, 0.29) is 5.41 Å². The van der Waals surface area contributed by atoms with Crippen LogP contribution in [0.4, 0.5) is 0 Å². The Morgan fingerprint density at radius 2 is 1.72 bits per heavy atom. The fraction of sp³-hybridized carbons (Fsp3) is 0.476. The van der Waals surface area contributed by atoms with Gasteiger partial charge in [-0.15, -0.1) is 0 Å². The molecule has 0 radical (unpaired) electrons. The van der Waals surface area contributed by atoms with E-state index in [4.69, 9.17) is 14.5 Å². The molecule has 0 amide bonds. The number of nitrogens with one attached hydrogen (secondary N) is 1. The van der Waals surface area contributed by atoms with Crippen LogP contribution in [-0.4, -0.2) is 30.4 Å². The maximum Gasteiger partial charge on any atom is 0.212 e. The third-order valence-corrected chi connectivity index (χ3v) is 11.2. The first-order chi connectivity index (χ1) is 22.8. The molecule has 5 heteroatoms. The number of benzene rings is 1. The SMILES string of the molecule is CCc1c(C2(C)CCCC/C(=C3/N=CCCC(C)C4=C3C=C(c3ccc(OC)nc3)CCC4)CC2)[nH]c(-c2ccc(OC)cc2)c1C. The van der Waals surface area contributed by atoms with Crippen molar-refractivity contribution >= 4 is 11.8 Å². The van der Waals surface area contributed by atoms with Crippen LogP contribution >= 0.6 is 0 Å². The number of aromatic amines is 1. The topological polar surface area (TPSA) is 59.5 Å². The number of allylic oxidation sites excluding steroid dienone is 4. The Morgan fingerprint density at radius 1 is 0.915 bits per heavy atom. The molecule has 1 N–H and O–H groups in total. The van der Waals surface area contributed by atoms with Crippen molar-refractivity contribution < 1.29 is 9.47 Å². The first-order valence-electron chi connectivity index (χ1n) is 17.9. The normalized spacial score (nSPS) is 24.0. The Kier molecular flexibility index (Phi) is 10.2. The Morgan fingerprint density at radius 3 is 2.45 bits per heavy atom. The molecular formula is C42H53N3O2. The van der Waals surface area contributed by atoms with Crippen molar-refractivity contribution in [2.45, 2.75) is 110 Å². The van der Waals surface area contributed by atoms with Crippen molar-refractivity contribution in [2.24, 2.45) is 10.9 Å². The Bertz CT molecular complexity index is 1690. The predicted molar refractivity (Wildman–Crippen MR) is 196 cm³/mol. The Labute approximate surface area is 282 Å². The van der Waals surface area contributed by atoms with Gasteiger partial charge in [0.05, 0.1) is 19.9 Å². The number of H-pyrrole nitrogens is 1. The maximum absolute atomic E-state index is 5.44. The van der Waals surface area contributed by atoms with Gasteiger partial charge in [0.1, 0.15) is 5.75 Å². The summed E-state index contributed by atoms with van der Waals surface area (Å²) in [5.74, 6) is 2.11. The van der Waals surface area contributed by atoms with Gasteiger partial charge < -0.3 is 14.5 Å². The quantitative estimate of drug-likeness (QED) is 0.294. The predicted octanol–water partition coefficient (Wildman–Crippen LogP) is 10.9. The molecule has 2 aliphatic carbocycles. The fourth-order valence-corrected chi connectivity index (χ4v) is 8.25. The highest BCUT2D eigenvalue weighted by molar-refractivity contribution is 5.73. The van der Waals surface area contributed by atoms with E-state index in [1.54, 1.807) is 19.8 Å². The summed E-state index contributed by atoms with van der Waals surface area (Å²) in [4.78, 5) is 13.9. The van der Waals surface area contributed by atoms with E-state index < -0.39 is 0 Å². The number of hydrogen-bond donors (Lipinski definition) is 1. The minimum absolute atomic E-state index is 0.0715. The number of ether oxygens (including phenoxy) is 2. The standard InChI is InChI=1S/C42H53N3O2/c1-7-35-29(3)39(31-16-19-34(46-5)20-17-31)45-41(35)42(4)23-9-8-13-30(22-24-42)40-37-26-32(33-18-21-38(47-6)44-27-33)14-10-15-36(37)28(2)12-11-25-43-40/h16-21,25-28,45H,7-15,22-24H2,1-6H3/b40-30-,43-25?. The molecule has 3 aliphatic rings. The molecule has 1 aliphatic heterocycles. The lowest BCUT2D eigenvalue weighted by Crippen LogP contribution is -2.26. The van der Waals surface area contributed by atoms with E-state index in [0.717, 1.165) is 57.1 Å². The number of aliphatic imine (C=N–C) groups is 1. The van der Waals surface area contributed by atoms with E-state index in [1.807, 2.05) is 12.3 Å². The fourth-order valence-electron chi connectivity index (χ4n) is 8.25. The van der Waals surface area contributed by atoms with Crippen LogP contribution in [0.2, 0.25) is 0 Å². The molecule has 2 atom stereocenters. The van der Waals surface area contributed by atoms with Crippen LogP contribution < -0.4 is 9.47 Å².